The minimum atomic E-state index is -0.839. The quantitative estimate of drug-likeness (QED) is 0.366. The Morgan fingerprint density at radius 3 is 1.97 bits per heavy atom. The summed E-state index contributed by atoms with van der Waals surface area (Å²) < 4.78 is 32.3. The van der Waals surface area contributed by atoms with Crippen molar-refractivity contribution in [3.63, 3.8) is 0 Å². The van der Waals surface area contributed by atoms with Crippen molar-refractivity contribution in [1.29, 1.82) is 0 Å². The molecule has 3 heteroatoms. The van der Waals surface area contributed by atoms with Gasteiger partial charge in [0.25, 0.3) is 0 Å². The van der Waals surface area contributed by atoms with Crippen LogP contribution in [-0.2, 0) is 12.8 Å². The topological polar surface area (TPSA) is 9.23 Å². The molecule has 1 nitrogen and oxygen atoms in total. The number of benzene rings is 4. The van der Waals surface area contributed by atoms with Crippen LogP contribution in [0.25, 0.3) is 10.8 Å². The maximum Gasteiger partial charge on any atom is 0.166 e. The van der Waals surface area contributed by atoms with Crippen LogP contribution >= 0.6 is 0 Å². The Hall–Kier alpha value is -3.64. The van der Waals surface area contributed by atoms with E-state index in [1.54, 1.807) is 31.4 Å². The minimum absolute atomic E-state index is 0.266. The zero-order valence-electron chi connectivity index (χ0n) is 16.6. The molecule has 0 bridgehead atoms. The van der Waals surface area contributed by atoms with E-state index >= 15 is 0 Å². The maximum atomic E-state index is 13.8. The number of rotatable bonds is 4. The number of aryl methyl sites for hydroxylation is 2. The van der Waals surface area contributed by atoms with E-state index in [1.165, 1.54) is 11.1 Å². The second-order valence-electron chi connectivity index (χ2n) is 7.09. The molecule has 0 saturated heterocycles. The largest absolute Gasteiger partial charge is 0.497 e. The van der Waals surface area contributed by atoms with Crippen molar-refractivity contribution in [3.8, 4) is 17.6 Å². The predicted octanol–water partition coefficient (Wildman–Crippen LogP) is 6.31. The molecule has 0 aliphatic carbocycles. The molecular formula is C27H20F2O. The smallest absolute Gasteiger partial charge is 0.166 e. The second-order valence-corrected chi connectivity index (χ2v) is 7.09. The lowest BCUT2D eigenvalue weighted by atomic mass is 10.0. The molecule has 0 unspecified atom stereocenters. The molecule has 0 aliphatic rings. The second kappa shape index (κ2) is 8.80. The lowest BCUT2D eigenvalue weighted by molar-refractivity contribution is 0.414. The van der Waals surface area contributed by atoms with Gasteiger partial charge in [-0.25, -0.2) is 8.78 Å². The van der Waals surface area contributed by atoms with E-state index < -0.39 is 11.6 Å². The molecule has 0 aromatic heterocycles. The molecule has 0 spiro atoms. The molecule has 0 saturated carbocycles. The summed E-state index contributed by atoms with van der Waals surface area (Å²) in [5.74, 6) is 5.44. The summed E-state index contributed by atoms with van der Waals surface area (Å²) in [6, 6.07) is 24.1. The highest BCUT2D eigenvalue weighted by Crippen LogP contribution is 2.21. The van der Waals surface area contributed by atoms with Crippen LogP contribution in [0.4, 0.5) is 8.78 Å². The first-order valence-electron chi connectivity index (χ1n) is 9.74. The van der Waals surface area contributed by atoms with E-state index in [1.807, 2.05) is 24.3 Å². The van der Waals surface area contributed by atoms with Crippen LogP contribution in [0, 0.1) is 23.5 Å². The summed E-state index contributed by atoms with van der Waals surface area (Å²) in [4.78, 5) is 0. The van der Waals surface area contributed by atoms with Gasteiger partial charge in [-0.2, -0.15) is 0 Å². The molecule has 0 fully saturated rings. The van der Waals surface area contributed by atoms with Gasteiger partial charge in [-0.15, -0.1) is 0 Å². The summed E-state index contributed by atoms with van der Waals surface area (Å²) in [5.41, 5.74) is 4.19. The van der Waals surface area contributed by atoms with Gasteiger partial charge in [0.1, 0.15) is 5.75 Å². The van der Waals surface area contributed by atoms with Gasteiger partial charge in [-0.1, -0.05) is 48.2 Å². The van der Waals surface area contributed by atoms with Crippen molar-refractivity contribution >= 4 is 10.8 Å². The zero-order valence-corrected chi connectivity index (χ0v) is 16.6. The Morgan fingerprint density at radius 1 is 0.700 bits per heavy atom. The average Bonchev–Trinajstić information content (AvgIpc) is 2.80. The summed E-state index contributed by atoms with van der Waals surface area (Å²) in [6.45, 7) is 0. The lowest BCUT2D eigenvalue weighted by Gasteiger charge is -2.04. The number of halogens is 2. The number of fused-ring (bicyclic) bond motifs is 1. The number of hydrogen-bond acceptors (Lipinski definition) is 1. The van der Waals surface area contributed by atoms with E-state index in [-0.39, 0.29) is 5.39 Å². The molecule has 4 aromatic rings. The lowest BCUT2D eigenvalue weighted by Crippen LogP contribution is -1.92. The Bertz CT molecular complexity index is 1230. The van der Waals surface area contributed by atoms with Gasteiger partial charge in [-0.05, 0) is 71.8 Å². The highest BCUT2D eigenvalue weighted by atomic mass is 19.2. The Kier molecular flexibility index (Phi) is 5.77. The van der Waals surface area contributed by atoms with Crippen LogP contribution in [0.1, 0.15) is 22.3 Å². The molecule has 4 rings (SSSR count). The first-order valence-corrected chi connectivity index (χ1v) is 9.74. The van der Waals surface area contributed by atoms with Crippen LogP contribution in [0.3, 0.4) is 0 Å². The van der Waals surface area contributed by atoms with Crippen molar-refractivity contribution in [2.75, 3.05) is 7.11 Å². The van der Waals surface area contributed by atoms with Gasteiger partial charge < -0.3 is 4.74 Å². The van der Waals surface area contributed by atoms with E-state index in [0.29, 0.717) is 5.39 Å². The SMILES string of the molecule is COc1ccc(CCc2ccc(C#Cc3ccc4c(F)c(F)ccc4c3)cc2)cc1. The van der Waals surface area contributed by atoms with Crippen LogP contribution in [0.15, 0.2) is 78.9 Å². The third-order valence-corrected chi connectivity index (χ3v) is 5.07. The van der Waals surface area contributed by atoms with E-state index in [4.69, 9.17) is 4.74 Å². The van der Waals surface area contributed by atoms with Crippen LogP contribution in [-0.4, -0.2) is 7.11 Å². The highest BCUT2D eigenvalue weighted by Gasteiger charge is 2.06. The van der Waals surface area contributed by atoms with Crippen molar-refractivity contribution < 1.29 is 13.5 Å². The summed E-state index contributed by atoms with van der Waals surface area (Å²) in [6.07, 6.45) is 1.91. The third-order valence-electron chi connectivity index (χ3n) is 5.07. The molecular weight excluding hydrogens is 378 g/mol. The molecule has 0 radical (unpaired) electrons. The van der Waals surface area contributed by atoms with Crippen LogP contribution in [0.2, 0.25) is 0 Å². The first-order chi connectivity index (χ1) is 14.6. The van der Waals surface area contributed by atoms with E-state index in [2.05, 4.69) is 36.1 Å². The third kappa shape index (κ3) is 4.50. The normalized spacial score (nSPS) is 10.5. The molecule has 4 aromatic carbocycles. The van der Waals surface area contributed by atoms with Crippen molar-refractivity contribution in [2.45, 2.75) is 12.8 Å². The van der Waals surface area contributed by atoms with Gasteiger partial charge in [-0.3, -0.25) is 0 Å². The van der Waals surface area contributed by atoms with Crippen molar-refractivity contribution in [1.82, 2.24) is 0 Å². The fourth-order valence-corrected chi connectivity index (χ4v) is 3.32. The van der Waals surface area contributed by atoms with E-state index in [9.17, 15) is 8.78 Å². The molecule has 0 atom stereocenters. The van der Waals surface area contributed by atoms with Gasteiger partial charge in [0.05, 0.1) is 7.11 Å². The fraction of sp³-hybridized carbons (Fsp3) is 0.111. The van der Waals surface area contributed by atoms with E-state index in [0.717, 1.165) is 35.8 Å². The Morgan fingerprint density at radius 2 is 1.30 bits per heavy atom. The Labute approximate surface area is 174 Å². The monoisotopic (exact) mass is 398 g/mol. The van der Waals surface area contributed by atoms with Crippen molar-refractivity contribution in [3.05, 3.63) is 113 Å². The standard InChI is InChI=1S/C27H20F2O/c1-30-24-14-10-21(11-15-24)7-6-19-2-4-20(5-3-19)8-9-22-12-16-25-23(18-22)13-17-26(28)27(25)29/h2-5,10-18H,6-7H2,1H3. The molecule has 0 N–H and O–H groups in total. The van der Waals surface area contributed by atoms with Crippen LogP contribution < -0.4 is 4.74 Å². The van der Waals surface area contributed by atoms with Crippen LogP contribution in [0.5, 0.6) is 5.75 Å². The summed E-state index contributed by atoms with van der Waals surface area (Å²) in [5, 5.41) is 0.899. The molecule has 0 aliphatic heterocycles. The number of methoxy groups -OCH3 is 1. The zero-order chi connectivity index (χ0) is 20.9. The number of hydrogen-bond donors (Lipinski definition) is 0. The molecule has 0 heterocycles. The van der Waals surface area contributed by atoms with Gasteiger partial charge >= 0.3 is 0 Å². The number of ether oxygens (including phenoxy) is 1. The summed E-state index contributed by atoms with van der Waals surface area (Å²) >= 11 is 0. The molecule has 30 heavy (non-hydrogen) atoms. The fourth-order valence-electron chi connectivity index (χ4n) is 3.32. The summed E-state index contributed by atoms with van der Waals surface area (Å²) in [7, 11) is 1.67. The first kappa shape index (κ1) is 19.7. The van der Waals surface area contributed by atoms with Gasteiger partial charge in [0.2, 0.25) is 0 Å². The molecule has 148 valence electrons. The van der Waals surface area contributed by atoms with Crippen molar-refractivity contribution in [2.24, 2.45) is 0 Å². The molecule has 0 amide bonds. The van der Waals surface area contributed by atoms with Gasteiger partial charge in [0.15, 0.2) is 11.6 Å². The maximum absolute atomic E-state index is 13.8. The highest BCUT2D eigenvalue weighted by molar-refractivity contribution is 5.84. The minimum Gasteiger partial charge on any atom is -0.497 e. The Balaban J connectivity index is 1.43. The van der Waals surface area contributed by atoms with Gasteiger partial charge in [0, 0.05) is 16.5 Å². The predicted molar refractivity (Wildman–Crippen MR) is 117 cm³/mol. The average molecular weight is 398 g/mol.